The highest BCUT2D eigenvalue weighted by molar-refractivity contribution is 7.91. The predicted octanol–water partition coefficient (Wildman–Crippen LogP) is 2.77. The minimum Gasteiger partial charge on any atom is -0.339 e. The van der Waals surface area contributed by atoms with E-state index in [1.807, 2.05) is 17.5 Å². The van der Waals surface area contributed by atoms with Gasteiger partial charge in [0.25, 0.3) is 0 Å². The third-order valence-corrected chi connectivity index (χ3v) is 8.73. The van der Waals surface area contributed by atoms with E-state index < -0.39 is 19.9 Å². The van der Waals surface area contributed by atoms with Gasteiger partial charge in [-0.2, -0.15) is 9.29 Å². The van der Waals surface area contributed by atoms with E-state index in [9.17, 15) is 16.8 Å². The quantitative estimate of drug-likeness (QED) is 0.584. The van der Waals surface area contributed by atoms with E-state index in [2.05, 4.69) is 10.1 Å². The van der Waals surface area contributed by atoms with Gasteiger partial charge in [-0.1, -0.05) is 17.3 Å². The van der Waals surface area contributed by atoms with Gasteiger partial charge in [-0.15, -0.1) is 11.3 Å². The van der Waals surface area contributed by atoms with Crippen LogP contribution >= 0.6 is 11.3 Å². The van der Waals surface area contributed by atoms with Crippen LogP contribution in [-0.4, -0.2) is 50.6 Å². The largest absolute Gasteiger partial charge is 0.339 e. The molecule has 0 unspecified atom stereocenters. The van der Waals surface area contributed by atoms with Gasteiger partial charge in [-0.05, 0) is 42.5 Å². The summed E-state index contributed by atoms with van der Waals surface area (Å²) in [5, 5.41) is 5.96. The van der Waals surface area contributed by atoms with E-state index >= 15 is 0 Å². The molecule has 1 aliphatic heterocycles. The van der Waals surface area contributed by atoms with Crippen LogP contribution in [0.2, 0.25) is 0 Å². The Morgan fingerprint density at radius 2 is 1.79 bits per heavy atom. The Labute approximate surface area is 173 Å². The van der Waals surface area contributed by atoms with Gasteiger partial charge in [0.2, 0.25) is 21.7 Å². The summed E-state index contributed by atoms with van der Waals surface area (Å²) in [5.74, 6) is 1.05. The van der Waals surface area contributed by atoms with Crippen LogP contribution in [0, 0.1) is 0 Å². The highest BCUT2D eigenvalue weighted by Gasteiger charge is 2.32. The Kier molecular flexibility index (Phi) is 5.32. The van der Waals surface area contributed by atoms with Crippen molar-refractivity contribution in [3.8, 4) is 10.7 Å². The first-order valence-corrected chi connectivity index (χ1v) is 13.1. The lowest BCUT2D eigenvalue weighted by atomic mass is 9.98. The molecule has 11 heteroatoms. The fraction of sp³-hybridized carbons (Fsp3) is 0.333. The predicted molar refractivity (Wildman–Crippen MR) is 108 cm³/mol. The normalized spacial score (nSPS) is 16.9. The minimum absolute atomic E-state index is 0.00924. The van der Waals surface area contributed by atoms with Crippen molar-refractivity contribution in [1.29, 1.82) is 0 Å². The fourth-order valence-corrected chi connectivity index (χ4v) is 6.17. The van der Waals surface area contributed by atoms with E-state index in [1.165, 1.54) is 39.9 Å². The van der Waals surface area contributed by atoms with E-state index in [4.69, 9.17) is 4.52 Å². The lowest BCUT2D eigenvalue weighted by molar-refractivity contribution is 0.271. The zero-order valence-corrected chi connectivity index (χ0v) is 18.0. The van der Waals surface area contributed by atoms with Crippen molar-refractivity contribution in [3.05, 3.63) is 47.7 Å². The molecule has 0 radical (unpaired) electrons. The summed E-state index contributed by atoms with van der Waals surface area (Å²) in [6, 6.07) is 9.29. The van der Waals surface area contributed by atoms with Crippen LogP contribution < -0.4 is 0 Å². The molecule has 154 valence electrons. The number of nitrogens with zero attached hydrogens (tertiary/aromatic N) is 3. The monoisotopic (exact) mass is 453 g/mol. The summed E-state index contributed by atoms with van der Waals surface area (Å²) >= 11 is 1.52. The van der Waals surface area contributed by atoms with Gasteiger partial charge in [0, 0.05) is 25.3 Å². The van der Waals surface area contributed by atoms with Gasteiger partial charge in [0.1, 0.15) is 0 Å². The third kappa shape index (κ3) is 4.13. The van der Waals surface area contributed by atoms with Gasteiger partial charge < -0.3 is 4.52 Å². The fourth-order valence-electron chi connectivity index (χ4n) is 3.26. The van der Waals surface area contributed by atoms with Crippen LogP contribution in [-0.2, 0) is 19.9 Å². The number of hydrogen-bond donors (Lipinski definition) is 0. The summed E-state index contributed by atoms with van der Waals surface area (Å²) in [5.41, 5.74) is 0. The average molecular weight is 454 g/mol. The summed E-state index contributed by atoms with van der Waals surface area (Å²) in [4.78, 5) is 5.35. The van der Waals surface area contributed by atoms with Crippen molar-refractivity contribution in [2.45, 2.75) is 28.6 Å². The molecule has 0 saturated carbocycles. The molecule has 0 aliphatic carbocycles. The first-order valence-electron chi connectivity index (χ1n) is 8.93. The number of benzene rings is 1. The molecule has 1 aliphatic rings. The summed E-state index contributed by atoms with van der Waals surface area (Å²) in [6.45, 7) is 0.597. The maximum atomic E-state index is 13.0. The number of piperidine rings is 1. The van der Waals surface area contributed by atoms with Crippen LogP contribution in [0.25, 0.3) is 10.7 Å². The molecule has 0 atom stereocenters. The summed E-state index contributed by atoms with van der Waals surface area (Å²) < 4.78 is 56.2. The summed E-state index contributed by atoms with van der Waals surface area (Å²) in [6.07, 6.45) is 2.16. The topological polar surface area (TPSA) is 110 Å². The standard InChI is InChI=1S/C18H19N3O5S3/c1-28(22,23)14-4-2-5-15(12-14)29(24,25)21-9-7-13(8-10-21)18-19-17(20-26-18)16-6-3-11-27-16/h2-6,11-13H,7-10H2,1H3. The summed E-state index contributed by atoms with van der Waals surface area (Å²) in [7, 11) is -7.26. The number of sulfonamides is 1. The highest BCUT2D eigenvalue weighted by atomic mass is 32.2. The molecule has 1 saturated heterocycles. The zero-order valence-electron chi connectivity index (χ0n) is 15.6. The van der Waals surface area contributed by atoms with Crippen molar-refractivity contribution in [1.82, 2.24) is 14.4 Å². The number of aromatic nitrogens is 2. The molecule has 0 spiro atoms. The molecular formula is C18H19N3O5S3. The molecule has 8 nitrogen and oxygen atoms in total. The van der Waals surface area contributed by atoms with Crippen LogP contribution in [0.5, 0.6) is 0 Å². The molecule has 1 fully saturated rings. The minimum atomic E-state index is -3.78. The molecule has 3 heterocycles. The molecule has 0 amide bonds. The second-order valence-corrected chi connectivity index (χ2v) is 11.8. The number of thiophene rings is 1. The zero-order chi connectivity index (χ0) is 20.6. The molecule has 4 rings (SSSR count). The van der Waals surface area contributed by atoms with Crippen molar-refractivity contribution >= 4 is 31.2 Å². The Morgan fingerprint density at radius 1 is 1.07 bits per heavy atom. The lowest BCUT2D eigenvalue weighted by Crippen LogP contribution is -2.38. The molecule has 2 aromatic heterocycles. The number of rotatable bonds is 5. The maximum Gasteiger partial charge on any atom is 0.243 e. The van der Waals surface area contributed by atoms with Gasteiger partial charge >= 0.3 is 0 Å². The van der Waals surface area contributed by atoms with Gasteiger partial charge in [0.15, 0.2) is 9.84 Å². The van der Waals surface area contributed by atoms with Crippen LogP contribution in [0.1, 0.15) is 24.7 Å². The maximum absolute atomic E-state index is 13.0. The SMILES string of the molecule is CS(=O)(=O)c1cccc(S(=O)(=O)N2CCC(c3nc(-c4cccs4)no3)CC2)c1. The van der Waals surface area contributed by atoms with Gasteiger partial charge in [-0.3, -0.25) is 0 Å². The van der Waals surface area contributed by atoms with Gasteiger partial charge in [-0.25, -0.2) is 16.8 Å². The second kappa shape index (κ2) is 7.63. The Bertz CT molecular complexity index is 1210. The molecular weight excluding hydrogens is 434 g/mol. The molecule has 29 heavy (non-hydrogen) atoms. The lowest BCUT2D eigenvalue weighted by Gasteiger charge is -2.29. The Morgan fingerprint density at radius 3 is 2.45 bits per heavy atom. The first kappa shape index (κ1) is 20.2. The van der Waals surface area contributed by atoms with Crippen molar-refractivity contribution < 1.29 is 21.4 Å². The van der Waals surface area contributed by atoms with E-state index in [0.29, 0.717) is 37.6 Å². The van der Waals surface area contributed by atoms with E-state index in [1.54, 1.807) is 0 Å². The molecule has 0 N–H and O–H groups in total. The Balaban J connectivity index is 1.48. The molecule has 1 aromatic carbocycles. The van der Waals surface area contributed by atoms with E-state index in [-0.39, 0.29) is 15.7 Å². The van der Waals surface area contributed by atoms with Crippen molar-refractivity contribution in [2.24, 2.45) is 0 Å². The van der Waals surface area contributed by atoms with E-state index in [0.717, 1.165) is 11.1 Å². The number of hydrogen-bond acceptors (Lipinski definition) is 8. The van der Waals surface area contributed by atoms with Crippen LogP contribution in [0.3, 0.4) is 0 Å². The molecule has 0 bridgehead atoms. The highest BCUT2D eigenvalue weighted by Crippen LogP contribution is 2.32. The van der Waals surface area contributed by atoms with Crippen LogP contribution in [0.15, 0.2) is 56.1 Å². The van der Waals surface area contributed by atoms with Crippen LogP contribution in [0.4, 0.5) is 0 Å². The van der Waals surface area contributed by atoms with Crippen molar-refractivity contribution in [2.75, 3.05) is 19.3 Å². The second-order valence-electron chi connectivity index (χ2n) is 6.86. The number of sulfone groups is 1. The van der Waals surface area contributed by atoms with Gasteiger partial charge in [0.05, 0.1) is 14.7 Å². The smallest absolute Gasteiger partial charge is 0.243 e. The third-order valence-electron chi connectivity index (χ3n) is 4.86. The Hall–Kier alpha value is -2.08. The van der Waals surface area contributed by atoms with Crippen molar-refractivity contribution in [3.63, 3.8) is 0 Å². The average Bonchev–Trinajstić information content (AvgIpc) is 3.39. The molecule has 3 aromatic rings. The first-order chi connectivity index (χ1) is 13.7.